The summed E-state index contributed by atoms with van der Waals surface area (Å²) < 4.78 is 10.1. The molecule has 0 fully saturated rings. The SMILES string of the molecule is CCOC(=O)C(=O)C1=C(C(C)C)NC(=S)N[C@@H]1c1ccc(OCC#N)cc1. The number of esters is 1. The van der Waals surface area contributed by atoms with Crippen molar-refractivity contribution in [1.29, 1.82) is 5.26 Å². The first kappa shape index (κ1) is 20.4. The van der Waals surface area contributed by atoms with Gasteiger partial charge >= 0.3 is 5.97 Å². The van der Waals surface area contributed by atoms with Crippen molar-refractivity contribution in [2.24, 2.45) is 5.92 Å². The van der Waals surface area contributed by atoms with E-state index < -0.39 is 17.8 Å². The Labute approximate surface area is 163 Å². The highest BCUT2D eigenvalue weighted by atomic mass is 32.1. The molecule has 0 amide bonds. The monoisotopic (exact) mass is 387 g/mol. The number of Topliss-reactive ketones (excluding diaryl/α,β-unsaturated/α-hetero) is 1. The molecule has 1 aliphatic heterocycles. The van der Waals surface area contributed by atoms with E-state index in [1.807, 2.05) is 19.9 Å². The van der Waals surface area contributed by atoms with Gasteiger partial charge in [0.15, 0.2) is 11.7 Å². The Hall–Kier alpha value is -2.92. The summed E-state index contributed by atoms with van der Waals surface area (Å²) in [4.78, 5) is 24.9. The van der Waals surface area contributed by atoms with E-state index in [9.17, 15) is 9.59 Å². The topological polar surface area (TPSA) is 100 Å². The molecular formula is C19H21N3O4S. The van der Waals surface area contributed by atoms with Crippen molar-refractivity contribution in [1.82, 2.24) is 10.6 Å². The number of allylic oxidation sites excluding steroid dienone is 1. The Morgan fingerprint density at radius 1 is 1.30 bits per heavy atom. The van der Waals surface area contributed by atoms with Crippen molar-refractivity contribution in [2.45, 2.75) is 26.8 Å². The molecule has 8 heteroatoms. The zero-order chi connectivity index (χ0) is 20.0. The Balaban J connectivity index is 2.46. The third-order valence-electron chi connectivity index (χ3n) is 3.90. The van der Waals surface area contributed by atoms with Crippen molar-refractivity contribution in [3.8, 4) is 11.8 Å². The fourth-order valence-electron chi connectivity index (χ4n) is 2.72. The Morgan fingerprint density at radius 2 is 1.96 bits per heavy atom. The van der Waals surface area contributed by atoms with E-state index in [0.717, 1.165) is 5.56 Å². The fraction of sp³-hybridized carbons (Fsp3) is 0.368. The second-order valence-corrected chi connectivity index (χ2v) is 6.49. The molecule has 7 nitrogen and oxygen atoms in total. The summed E-state index contributed by atoms with van der Waals surface area (Å²) in [5.41, 5.74) is 1.60. The molecule has 0 saturated heterocycles. The fourth-order valence-corrected chi connectivity index (χ4v) is 2.95. The first-order chi connectivity index (χ1) is 12.9. The number of benzene rings is 1. The van der Waals surface area contributed by atoms with Gasteiger partial charge in [0, 0.05) is 5.70 Å². The van der Waals surface area contributed by atoms with Gasteiger partial charge in [0.1, 0.15) is 11.8 Å². The Morgan fingerprint density at radius 3 is 2.52 bits per heavy atom. The highest BCUT2D eigenvalue weighted by Crippen LogP contribution is 2.31. The molecule has 0 unspecified atom stereocenters. The summed E-state index contributed by atoms with van der Waals surface area (Å²) in [6.45, 7) is 5.52. The summed E-state index contributed by atoms with van der Waals surface area (Å²) in [7, 11) is 0. The Bertz CT molecular complexity index is 809. The van der Waals surface area contributed by atoms with Crippen LogP contribution in [0.4, 0.5) is 0 Å². The van der Waals surface area contributed by atoms with Crippen LogP contribution in [0.3, 0.4) is 0 Å². The van der Waals surface area contributed by atoms with Gasteiger partial charge in [0.25, 0.3) is 5.78 Å². The average Bonchev–Trinajstić information content (AvgIpc) is 2.65. The normalized spacial score (nSPS) is 16.3. The number of rotatable bonds is 7. The molecule has 0 bridgehead atoms. The quantitative estimate of drug-likeness (QED) is 0.417. The van der Waals surface area contributed by atoms with Gasteiger partial charge in [-0.15, -0.1) is 0 Å². The number of carbonyl (C=O) groups is 2. The van der Waals surface area contributed by atoms with Gasteiger partial charge in [-0.2, -0.15) is 5.26 Å². The summed E-state index contributed by atoms with van der Waals surface area (Å²) in [5.74, 6) is -1.14. The third-order valence-corrected chi connectivity index (χ3v) is 4.12. The molecule has 1 aromatic carbocycles. The number of thiocarbonyl (C=S) groups is 1. The standard InChI is InChI=1S/C19H21N3O4S/c1-4-25-18(24)17(23)14-15(11(2)3)21-19(27)22-16(14)12-5-7-13(8-6-12)26-10-9-20/h5-8,11,16H,4,10H2,1-3H3,(H2,21,22,27)/t16-/m1/s1. The van der Waals surface area contributed by atoms with Crippen LogP contribution in [-0.4, -0.2) is 30.1 Å². The lowest BCUT2D eigenvalue weighted by Crippen LogP contribution is -2.47. The molecule has 0 radical (unpaired) electrons. The van der Waals surface area contributed by atoms with Crippen molar-refractivity contribution in [2.75, 3.05) is 13.2 Å². The maximum absolute atomic E-state index is 12.8. The van der Waals surface area contributed by atoms with E-state index >= 15 is 0 Å². The van der Waals surface area contributed by atoms with E-state index in [2.05, 4.69) is 10.6 Å². The zero-order valence-electron chi connectivity index (χ0n) is 15.4. The maximum atomic E-state index is 12.8. The largest absolute Gasteiger partial charge is 0.479 e. The number of nitrogens with one attached hydrogen (secondary N) is 2. The van der Waals surface area contributed by atoms with Crippen LogP contribution in [-0.2, 0) is 14.3 Å². The molecule has 0 spiro atoms. The maximum Gasteiger partial charge on any atom is 0.379 e. The zero-order valence-corrected chi connectivity index (χ0v) is 16.2. The minimum Gasteiger partial charge on any atom is -0.479 e. The predicted octanol–water partition coefficient (Wildman–Crippen LogP) is 2.15. The van der Waals surface area contributed by atoms with E-state index in [1.165, 1.54) is 0 Å². The van der Waals surface area contributed by atoms with Crippen molar-refractivity contribution in [3.63, 3.8) is 0 Å². The van der Waals surface area contributed by atoms with Crippen LogP contribution in [0.15, 0.2) is 35.5 Å². The van der Waals surface area contributed by atoms with E-state index in [4.69, 9.17) is 27.0 Å². The molecule has 0 aliphatic carbocycles. The number of nitrogens with zero attached hydrogens (tertiary/aromatic N) is 1. The van der Waals surface area contributed by atoms with Gasteiger partial charge in [-0.1, -0.05) is 26.0 Å². The number of hydrogen-bond acceptors (Lipinski definition) is 6. The van der Waals surface area contributed by atoms with Crippen LogP contribution < -0.4 is 15.4 Å². The molecule has 1 atom stereocenters. The number of ketones is 1. The summed E-state index contributed by atoms with van der Waals surface area (Å²) in [6.07, 6.45) is 0. The van der Waals surface area contributed by atoms with Gasteiger partial charge in [-0.25, -0.2) is 4.79 Å². The molecule has 142 valence electrons. The van der Waals surface area contributed by atoms with Crippen molar-refractivity contribution in [3.05, 3.63) is 41.1 Å². The van der Waals surface area contributed by atoms with Crippen LogP contribution in [0.5, 0.6) is 5.75 Å². The van der Waals surface area contributed by atoms with E-state index in [1.54, 1.807) is 31.2 Å². The van der Waals surface area contributed by atoms with Crippen LogP contribution in [0.1, 0.15) is 32.4 Å². The lowest BCUT2D eigenvalue weighted by atomic mass is 9.89. The van der Waals surface area contributed by atoms with Gasteiger partial charge < -0.3 is 20.1 Å². The van der Waals surface area contributed by atoms with Gasteiger partial charge in [-0.05, 0) is 42.8 Å². The van der Waals surface area contributed by atoms with E-state index in [0.29, 0.717) is 16.6 Å². The number of nitriles is 1. The summed E-state index contributed by atoms with van der Waals surface area (Å²) in [5, 5.41) is 15.0. The minimum absolute atomic E-state index is 0.0563. The summed E-state index contributed by atoms with van der Waals surface area (Å²) in [6, 6.07) is 8.21. The first-order valence-electron chi connectivity index (χ1n) is 8.51. The van der Waals surface area contributed by atoms with Crippen molar-refractivity contribution >= 4 is 29.1 Å². The average molecular weight is 387 g/mol. The highest BCUT2D eigenvalue weighted by molar-refractivity contribution is 7.80. The molecule has 1 aromatic rings. The van der Waals surface area contributed by atoms with Crippen LogP contribution in [0, 0.1) is 17.2 Å². The number of carbonyl (C=O) groups excluding carboxylic acids is 2. The molecule has 2 N–H and O–H groups in total. The van der Waals surface area contributed by atoms with Crippen molar-refractivity contribution < 1.29 is 19.1 Å². The second kappa shape index (κ2) is 9.14. The van der Waals surface area contributed by atoms with Gasteiger partial charge in [0.2, 0.25) is 0 Å². The summed E-state index contributed by atoms with van der Waals surface area (Å²) >= 11 is 5.27. The Kier molecular flexibility index (Phi) is 6.91. The number of hydrogen-bond donors (Lipinski definition) is 2. The van der Waals surface area contributed by atoms with Gasteiger partial charge in [-0.3, -0.25) is 4.79 Å². The van der Waals surface area contributed by atoms with E-state index in [-0.39, 0.29) is 24.7 Å². The molecule has 2 rings (SSSR count). The first-order valence-corrected chi connectivity index (χ1v) is 8.92. The van der Waals surface area contributed by atoms with Crippen LogP contribution in [0.2, 0.25) is 0 Å². The molecule has 1 heterocycles. The number of ether oxygens (including phenoxy) is 2. The smallest absolute Gasteiger partial charge is 0.379 e. The molecule has 0 aromatic heterocycles. The lowest BCUT2D eigenvalue weighted by molar-refractivity contribution is -0.152. The molecule has 0 saturated carbocycles. The molecule has 27 heavy (non-hydrogen) atoms. The molecule has 1 aliphatic rings. The lowest BCUT2D eigenvalue weighted by Gasteiger charge is -2.32. The van der Waals surface area contributed by atoms with Crippen LogP contribution in [0.25, 0.3) is 0 Å². The highest BCUT2D eigenvalue weighted by Gasteiger charge is 2.36. The van der Waals surface area contributed by atoms with Crippen LogP contribution >= 0.6 is 12.2 Å². The minimum atomic E-state index is -0.902. The molecular weight excluding hydrogens is 366 g/mol. The predicted molar refractivity (Wildman–Crippen MR) is 103 cm³/mol. The third kappa shape index (κ3) is 4.83. The second-order valence-electron chi connectivity index (χ2n) is 6.08. The van der Waals surface area contributed by atoms with Gasteiger partial charge in [0.05, 0.1) is 18.2 Å².